The second kappa shape index (κ2) is 11.0. The first-order chi connectivity index (χ1) is 17.7. The molecule has 192 valence electrons. The van der Waals surface area contributed by atoms with E-state index in [-0.39, 0.29) is 16.7 Å². The van der Waals surface area contributed by atoms with E-state index in [2.05, 4.69) is 50.1 Å². The first-order valence-electron chi connectivity index (χ1n) is 12.8. The number of hydrogen-bond donors (Lipinski definition) is 1. The molecule has 0 amide bonds. The zero-order chi connectivity index (χ0) is 26.6. The van der Waals surface area contributed by atoms with E-state index in [1.165, 1.54) is 5.56 Å². The Kier molecular flexibility index (Phi) is 7.77. The van der Waals surface area contributed by atoms with Crippen LogP contribution in [0.1, 0.15) is 67.0 Å². The maximum atomic E-state index is 13.0. The number of carboxylic acid groups (broad SMARTS) is 1. The van der Waals surface area contributed by atoms with Crippen molar-refractivity contribution in [2.24, 2.45) is 0 Å². The van der Waals surface area contributed by atoms with Gasteiger partial charge in [0.15, 0.2) is 0 Å². The summed E-state index contributed by atoms with van der Waals surface area (Å²) in [5.74, 6) is -0.176. The summed E-state index contributed by atoms with van der Waals surface area (Å²) in [6.45, 7) is 9.50. The summed E-state index contributed by atoms with van der Waals surface area (Å²) in [5, 5.41) is 14.2. The number of aromatic carboxylic acids is 1. The Morgan fingerprint density at radius 3 is 2.27 bits per heavy atom. The van der Waals surface area contributed by atoms with E-state index in [9.17, 15) is 14.7 Å². The number of carboxylic acids is 1. The number of nitrogens with zero attached hydrogens (tertiary/aromatic N) is 3. The van der Waals surface area contributed by atoms with Gasteiger partial charge in [0, 0.05) is 13.0 Å². The van der Waals surface area contributed by atoms with E-state index < -0.39 is 5.97 Å². The van der Waals surface area contributed by atoms with Gasteiger partial charge in [-0.2, -0.15) is 5.10 Å². The topological polar surface area (TPSA) is 77.1 Å². The summed E-state index contributed by atoms with van der Waals surface area (Å²) >= 11 is 0. The van der Waals surface area contributed by atoms with E-state index in [4.69, 9.17) is 0 Å². The molecule has 0 spiro atoms. The molecule has 0 radical (unpaired) electrons. The van der Waals surface area contributed by atoms with Gasteiger partial charge in [0.1, 0.15) is 5.82 Å². The third-order valence-corrected chi connectivity index (χ3v) is 6.75. The largest absolute Gasteiger partial charge is 0.478 e. The highest BCUT2D eigenvalue weighted by molar-refractivity contribution is 5.89. The molecule has 6 nitrogen and oxygen atoms in total. The number of aryl methyl sites for hydroxylation is 2. The van der Waals surface area contributed by atoms with Crippen LogP contribution in [0.4, 0.5) is 0 Å². The van der Waals surface area contributed by atoms with Crippen molar-refractivity contribution >= 4 is 5.97 Å². The van der Waals surface area contributed by atoms with Crippen LogP contribution in [0.3, 0.4) is 0 Å². The molecule has 1 heterocycles. The smallest absolute Gasteiger partial charge is 0.346 e. The lowest BCUT2D eigenvalue weighted by Gasteiger charge is -2.19. The van der Waals surface area contributed by atoms with Gasteiger partial charge in [-0.15, -0.1) is 0 Å². The second-order valence-corrected chi connectivity index (χ2v) is 10.4. The molecular weight excluding hydrogens is 462 g/mol. The standard InChI is InChI=1S/C31H35N3O3/c1-5-33-28(32-34(30(33)37)21-22-14-17-26(18-15-22)31(2,3)4)13-9-12-24-20-25(29(35)36)16-19-27(24)23-10-7-6-8-11-23/h6-8,10-11,14-20H,5,9,12-13,21H2,1-4H3,(H,35,36). The first-order valence-corrected chi connectivity index (χ1v) is 12.8. The molecule has 0 saturated carbocycles. The normalized spacial score (nSPS) is 11.6. The van der Waals surface area contributed by atoms with Crippen molar-refractivity contribution in [1.82, 2.24) is 14.3 Å². The highest BCUT2D eigenvalue weighted by atomic mass is 16.4. The molecule has 0 atom stereocenters. The van der Waals surface area contributed by atoms with Gasteiger partial charge < -0.3 is 5.11 Å². The maximum absolute atomic E-state index is 13.0. The number of rotatable bonds is 9. The molecule has 0 fully saturated rings. The van der Waals surface area contributed by atoms with Gasteiger partial charge in [0.05, 0.1) is 12.1 Å². The van der Waals surface area contributed by atoms with Gasteiger partial charge in [-0.25, -0.2) is 14.3 Å². The van der Waals surface area contributed by atoms with Crippen molar-refractivity contribution in [3.8, 4) is 11.1 Å². The monoisotopic (exact) mass is 497 g/mol. The van der Waals surface area contributed by atoms with Crippen LogP contribution in [0.5, 0.6) is 0 Å². The minimum atomic E-state index is -0.935. The Morgan fingerprint density at radius 1 is 0.946 bits per heavy atom. The fraction of sp³-hybridized carbons (Fsp3) is 0.323. The lowest BCUT2D eigenvalue weighted by Crippen LogP contribution is -2.25. The van der Waals surface area contributed by atoms with Crippen LogP contribution in [-0.4, -0.2) is 25.4 Å². The zero-order valence-electron chi connectivity index (χ0n) is 22.1. The van der Waals surface area contributed by atoms with Crippen LogP contribution >= 0.6 is 0 Å². The fourth-order valence-electron chi connectivity index (χ4n) is 4.64. The number of carbonyl (C=O) groups is 1. The van der Waals surface area contributed by atoms with Crippen LogP contribution in [0.15, 0.2) is 77.6 Å². The van der Waals surface area contributed by atoms with Crippen molar-refractivity contribution in [3.05, 3.63) is 111 Å². The van der Waals surface area contributed by atoms with Crippen LogP contribution < -0.4 is 5.69 Å². The lowest BCUT2D eigenvalue weighted by molar-refractivity contribution is 0.0696. The Labute approximate surface area is 218 Å². The van der Waals surface area contributed by atoms with Gasteiger partial charge in [0.25, 0.3) is 0 Å². The highest BCUT2D eigenvalue weighted by Gasteiger charge is 2.16. The van der Waals surface area contributed by atoms with Crippen molar-refractivity contribution in [2.45, 2.75) is 65.5 Å². The molecule has 4 aromatic rings. The Hall–Kier alpha value is -3.93. The molecule has 3 aromatic carbocycles. The molecule has 0 aliphatic carbocycles. The molecule has 1 N–H and O–H groups in total. The van der Waals surface area contributed by atoms with Gasteiger partial charge in [0.2, 0.25) is 0 Å². The van der Waals surface area contributed by atoms with E-state index in [0.29, 0.717) is 25.9 Å². The third kappa shape index (κ3) is 6.08. The fourth-order valence-corrected chi connectivity index (χ4v) is 4.64. The van der Waals surface area contributed by atoms with Crippen LogP contribution in [0.2, 0.25) is 0 Å². The highest BCUT2D eigenvalue weighted by Crippen LogP contribution is 2.26. The third-order valence-electron chi connectivity index (χ3n) is 6.75. The molecule has 1 aromatic heterocycles. The Morgan fingerprint density at radius 2 is 1.65 bits per heavy atom. The zero-order valence-corrected chi connectivity index (χ0v) is 22.1. The Balaban J connectivity index is 1.52. The number of benzene rings is 3. The number of aromatic nitrogens is 3. The summed E-state index contributed by atoms with van der Waals surface area (Å²) < 4.78 is 3.28. The molecule has 4 rings (SSSR count). The predicted octanol–water partition coefficient (Wildman–Crippen LogP) is 5.95. The van der Waals surface area contributed by atoms with Crippen LogP contribution in [0.25, 0.3) is 11.1 Å². The average molecular weight is 498 g/mol. The summed E-state index contributed by atoms with van der Waals surface area (Å²) in [4.78, 5) is 24.6. The minimum absolute atomic E-state index is 0.0800. The van der Waals surface area contributed by atoms with Gasteiger partial charge >= 0.3 is 11.7 Å². The van der Waals surface area contributed by atoms with E-state index in [0.717, 1.165) is 34.5 Å². The van der Waals surface area contributed by atoms with Crippen LogP contribution in [0, 0.1) is 0 Å². The molecule has 0 aliphatic heterocycles. The quantitative estimate of drug-likeness (QED) is 0.310. The molecule has 0 saturated heterocycles. The first kappa shape index (κ1) is 26.1. The average Bonchev–Trinajstić information content (AvgIpc) is 3.18. The molecule has 0 aliphatic rings. The van der Waals surface area contributed by atoms with Crippen molar-refractivity contribution in [1.29, 1.82) is 0 Å². The van der Waals surface area contributed by atoms with E-state index >= 15 is 0 Å². The molecule has 6 heteroatoms. The molecule has 37 heavy (non-hydrogen) atoms. The second-order valence-electron chi connectivity index (χ2n) is 10.4. The van der Waals surface area contributed by atoms with Crippen molar-refractivity contribution < 1.29 is 9.90 Å². The van der Waals surface area contributed by atoms with Crippen LogP contribution in [-0.2, 0) is 31.3 Å². The van der Waals surface area contributed by atoms with Crippen molar-refractivity contribution in [2.75, 3.05) is 0 Å². The minimum Gasteiger partial charge on any atom is -0.478 e. The predicted molar refractivity (Wildman–Crippen MR) is 147 cm³/mol. The summed E-state index contributed by atoms with van der Waals surface area (Å²) in [5.41, 5.74) is 5.62. The molecule has 0 bridgehead atoms. The summed E-state index contributed by atoms with van der Waals surface area (Å²) in [6, 6.07) is 23.7. The Bertz CT molecular complexity index is 1430. The summed E-state index contributed by atoms with van der Waals surface area (Å²) in [7, 11) is 0. The summed E-state index contributed by atoms with van der Waals surface area (Å²) in [6.07, 6.45) is 2.06. The lowest BCUT2D eigenvalue weighted by atomic mass is 9.87. The van der Waals surface area contributed by atoms with Gasteiger partial charge in [-0.3, -0.25) is 4.57 Å². The molecule has 0 unspecified atom stereocenters. The molecular formula is C31H35N3O3. The van der Waals surface area contributed by atoms with E-state index in [1.807, 2.05) is 43.3 Å². The number of hydrogen-bond acceptors (Lipinski definition) is 3. The maximum Gasteiger partial charge on any atom is 0.346 e. The van der Waals surface area contributed by atoms with E-state index in [1.54, 1.807) is 21.4 Å². The SMILES string of the molecule is CCn1c(CCCc2cc(C(=O)O)ccc2-c2ccccc2)nn(Cc2ccc(C(C)(C)C)cc2)c1=O. The van der Waals surface area contributed by atoms with Crippen molar-refractivity contribution in [3.63, 3.8) is 0 Å². The van der Waals surface area contributed by atoms with Gasteiger partial charge in [-0.05, 0) is 65.1 Å². The van der Waals surface area contributed by atoms with Gasteiger partial charge in [-0.1, -0.05) is 81.4 Å².